The molecule has 4 aliphatic carbocycles. The van der Waals surface area contributed by atoms with Crippen molar-refractivity contribution >= 4 is 11.8 Å². The smallest absolute Gasteiger partial charge is 0.331 e. The number of rotatable bonds is 1. The van der Waals surface area contributed by atoms with Gasteiger partial charge in [0.2, 0.25) is 0 Å². The second-order valence-electron chi connectivity index (χ2n) is 9.37. The molecule has 25 heavy (non-hydrogen) atoms. The minimum absolute atomic E-state index is 0.0751. The monoisotopic (exact) mass is 342 g/mol. The Morgan fingerprint density at radius 1 is 1.04 bits per heavy atom. The van der Waals surface area contributed by atoms with Crippen LogP contribution in [-0.4, -0.2) is 16.9 Å². The number of carbonyl (C=O) groups excluding carboxylic acids is 1. The molecule has 0 aromatic carbocycles. The summed E-state index contributed by atoms with van der Waals surface area (Å²) in [4.78, 5) is 23.5. The van der Waals surface area contributed by atoms with Gasteiger partial charge in [-0.15, -0.1) is 0 Å². The van der Waals surface area contributed by atoms with Crippen molar-refractivity contribution in [3.63, 3.8) is 0 Å². The Morgan fingerprint density at radius 2 is 1.76 bits per heavy atom. The molecule has 3 fully saturated rings. The molecule has 3 nitrogen and oxygen atoms in total. The molecule has 1 N–H and O–H groups in total. The van der Waals surface area contributed by atoms with E-state index in [1.165, 1.54) is 24.0 Å². The minimum Gasteiger partial charge on any atom is -0.478 e. The van der Waals surface area contributed by atoms with Crippen LogP contribution in [0.2, 0.25) is 0 Å². The highest BCUT2D eigenvalue weighted by Crippen LogP contribution is 2.66. The van der Waals surface area contributed by atoms with Gasteiger partial charge in [-0.25, -0.2) is 4.79 Å². The number of hydrogen-bond donors (Lipinski definition) is 1. The van der Waals surface area contributed by atoms with Gasteiger partial charge in [0.15, 0.2) is 5.78 Å². The van der Waals surface area contributed by atoms with Crippen LogP contribution in [0.3, 0.4) is 0 Å². The molecule has 136 valence electrons. The van der Waals surface area contributed by atoms with E-state index in [2.05, 4.69) is 13.8 Å². The number of carboxylic acids is 1. The summed E-state index contributed by atoms with van der Waals surface area (Å²) in [5, 5.41) is 9.50. The van der Waals surface area contributed by atoms with E-state index >= 15 is 0 Å². The molecule has 3 heteroatoms. The first-order valence-electron chi connectivity index (χ1n) is 9.95. The van der Waals surface area contributed by atoms with E-state index in [1.807, 2.05) is 6.08 Å². The summed E-state index contributed by atoms with van der Waals surface area (Å²) in [6.45, 7) is 6.53. The maximum Gasteiger partial charge on any atom is 0.331 e. The molecule has 5 atom stereocenters. The molecule has 0 saturated heterocycles. The molecule has 3 saturated carbocycles. The zero-order valence-corrected chi connectivity index (χ0v) is 15.7. The topological polar surface area (TPSA) is 54.4 Å². The number of carbonyl (C=O) groups is 2. The van der Waals surface area contributed by atoms with Gasteiger partial charge in [0.25, 0.3) is 0 Å². The molecule has 0 aliphatic heterocycles. The third-order valence-corrected chi connectivity index (χ3v) is 8.52. The van der Waals surface area contributed by atoms with Crippen molar-refractivity contribution < 1.29 is 14.7 Å². The third-order valence-electron chi connectivity index (χ3n) is 8.52. The van der Waals surface area contributed by atoms with Crippen LogP contribution in [0, 0.1) is 28.6 Å². The van der Waals surface area contributed by atoms with Crippen LogP contribution >= 0.6 is 0 Å². The van der Waals surface area contributed by atoms with Gasteiger partial charge in [-0.3, -0.25) is 4.79 Å². The van der Waals surface area contributed by atoms with Crippen LogP contribution < -0.4 is 0 Å². The maximum atomic E-state index is 11.9. The van der Waals surface area contributed by atoms with Gasteiger partial charge < -0.3 is 5.11 Å². The third kappa shape index (κ3) is 2.30. The van der Waals surface area contributed by atoms with Crippen LogP contribution in [0.15, 0.2) is 22.8 Å². The molecule has 4 rings (SSSR count). The lowest BCUT2D eigenvalue weighted by molar-refractivity contribution is -0.132. The zero-order valence-electron chi connectivity index (χ0n) is 15.7. The lowest BCUT2D eigenvalue weighted by Crippen LogP contribution is -2.49. The first kappa shape index (κ1) is 17.1. The van der Waals surface area contributed by atoms with Crippen LogP contribution in [0.1, 0.15) is 72.1 Å². The fraction of sp³-hybridized carbons (Fsp3) is 0.727. The summed E-state index contributed by atoms with van der Waals surface area (Å²) >= 11 is 0. The summed E-state index contributed by atoms with van der Waals surface area (Å²) in [6, 6.07) is 0. The average Bonchev–Trinajstić information content (AvgIpc) is 2.92. The van der Waals surface area contributed by atoms with Gasteiger partial charge in [-0.1, -0.05) is 25.0 Å². The second-order valence-corrected chi connectivity index (χ2v) is 9.37. The summed E-state index contributed by atoms with van der Waals surface area (Å²) in [5.74, 6) is 1.54. The summed E-state index contributed by atoms with van der Waals surface area (Å²) in [5.41, 5.74) is 3.49. The van der Waals surface area contributed by atoms with Crippen molar-refractivity contribution in [1.82, 2.24) is 0 Å². The van der Waals surface area contributed by atoms with Crippen molar-refractivity contribution in [2.75, 3.05) is 0 Å². The van der Waals surface area contributed by atoms with E-state index in [0.717, 1.165) is 32.1 Å². The predicted molar refractivity (Wildman–Crippen MR) is 97.0 cm³/mol. The van der Waals surface area contributed by atoms with Gasteiger partial charge in [-0.2, -0.15) is 0 Å². The Balaban J connectivity index is 1.69. The molecular formula is C22H30O3. The van der Waals surface area contributed by atoms with E-state index in [1.54, 1.807) is 6.92 Å². The quantitative estimate of drug-likeness (QED) is 0.688. The molecule has 4 aliphatic rings. The lowest BCUT2D eigenvalue weighted by atomic mass is 9.47. The molecule has 0 heterocycles. The molecule has 0 bridgehead atoms. The summed E-state index contributed by atoms with van der Waals surface area (Å²) in [7, 11) is 0. The van der Waals surface area contributed by atoms with E-state index in [4.69, 9.17) is 0 Å². The molecule has 0 spiro atoms. The Bertz CT molecular complexity index is 700. The number of fused-ring (bicyclic) bond motifs is 5. The first-order chi connectivity index (χ1) is 11.8. The normalized spacial score (nSPS) is 45.2. The number of allylic oxidation sites excluding steroid dienone is 2. The van der Waals surface area contributed by atoms with Crippen molar-refractivity contribution in [2.45, 2.75) is 72.1 Å². The van der Waals surface area contributed by atoms with Gasteiger partial charge in [0.1, 0.15) is 0 Å². The van der Waals surface area contributed by atoms with Crippen LogP contribution in [0.25, 0.3) is 0 Å². The van der Waals surface area contributed by atoms with Crippen molar-refractivity contribution in [3.8, 4) is 0 Å². The van der Waals surface area contributed by atoms with Gasteiger partial charge in [0.05, 0.1) is 0 Å². The Labute approximate surface area is 150 Å². The first-order valence-corrected chi connectivity index (χ1v) is 9.95. The van der Waals surface area contributed by atoms with Gasteiger partial charge in [0, 0.05) is 12.0 Å². The van der Waals surface area contributed by atoms with Crippen molar-refractivity contribution in [3.05, 3.63) is 22.8 Å². The minimum atomic E-state index is -0.745. The molecular weight excluding hydrogens is 312 g/mol. The molecule has 0 amide bonds. The van der Waals surface area contributed by atoms with E-state index in [0.29, 0.717) is 35.5 Å². The molecule has 0 unspecified atom stereocenters. The molecule has 0 aromatic rings. The van der Waals surface area contributed by atoms with E-state index < -0.39 is 5.97 Å². The highest BCUT2D eigenvalue weighted by molar-refractivity contribution is 5.91. The highest BCUT2D eigenvalue weighted by Gasteiger charge is 2.57. The number of hydrogen-bond acceptors (Lipinski definition) is 2. The number of carboxylic acid groups (broad SMARTS) is 1. The van der Waals surface area contributed by atoms with Crippen LogP contribution in [0.4, 0.5) is 0 Å². The predicted octanol–water partition coefficient (Wildman–Crippen LogP) is 4.92. The summed E-state index contributed by atoms with van der Waals surface area (Å²) < 4.78 is 0. The maximum absolute atomic E-state index is 11.9. The van der Waals surface area contributed by atoms with Crippen LogP contribution in [-0.2, 0) is 9.59 Å². The Morgan fingerprint density at radius 3 is 2.48 bits per heavy atom. The van der Waals surface area contributed by atoms with Crippen molar-refractivity contribution in [1.29, 1.82) is 0 Å². The molecule has 0 radical (unpaired) electrons. The van der Waals surface area contributed by atoms with E-state index in [-0.39, 0.29) is 10.8 Å². The SMILES string of the molecule is CC(C(=O)O)=C1CC[C@H]2[C@@H]3CCC4=CC(=O)CC[C@]4(C)[C@H]3CC[C@]12C. The van der Waals surface area contributed by atoms with Gasteiger partial charge in [-0.05, 0) is 86.5 Å². The Kier molecular flexibility index (Phi) is 3.79. The molecule has 0 aromatic heterocycles. The summed E-state index contributed by atoms with van der Waals surface area (Å²) in [6.07, 6.45) is 10.3. The standard InChI is InChI=1S/C22H30O3/c1-13(20(24)25)17-6-7-18-16-5-4-14-12-15(23)8-10-21(14,2)19(16)9-11-22(17,18)3/h12,16,18-19H,4-11H2,1-3H3,(H,24,25)/t16-,18-,19-,21-,22+/m0/s1. The largest absolute Gasteiger partial charge is 0.478 e. The van der Waals surface area contributed by atoms with Crippen molar-refractivity contribution in [2.24, 2.45) is 28.6 Å². The zero-order chi connectivity index (χ0) is 18.0. The van der Waals surface area contributed by atoms with Crippen LogP contribution in [0.5, 0.6) is 0 Å². The lowest BCUT2D eigenvalue weighted by Gasteiger charge is -2.57. The van der Waals surface area contributed by atoms with E-state index in [9.17, 15) is 14.7 Å². The number of ketones is 1. The second kappa shape index (κ2) is 5.56. The highest BCUT2D eigenvalue weighted by atomic mass is 16.4. The van der Waals surface area contributed by atoms with Gasteiger partial charge >= 0.3 is 5.97 Å². The number of aliphatic carboxylic acids is 1. The fourth-order valence-electron chi connectivity index (χ4n) is 7.12. The Hall–Kier alpha value is -1.38. The average molecular weight is 342 g/mol. The fourth-order valence-corrected chi connectivity index (χ4v) is 7.12.